The van der Waals surface area contributed by atoms with E-state index in [1.807, 2.05) is 25.1 Å². The number of carbonyl (C=O) groups is 1. The summed E-state index contributed by atoms with van der Waals surface area (Å²) in [6, 6.07) is 7.40. The summed E-state index contributed by atoms with van der Waals surface area (Å²) in [5.41, 5.74) is 0.457. The van der Waals surface area contributed by atoms with Gasteiger partial charge in [0.2, 0.25) is 0 Å². The first kappa shape index (κ1) is 12.4. The zero-order valence-electron chi connectivity index (χ0n) is 9.83. The van der Waals surface area contributed by atoms with E-state index >= 15 is 0 Å². The standard InChI is InChI=1S/C13H16ClNO2/c1-13(6-7-15-9-13)12(16)17-8-10-4-2-3-5-11(10)14/h2-5,15H,6-9H2,1H3. The van der Waals surface area contributed by atoms with Gasteiger partial charge in [0.1, 0.15) is 6.61 Å². The largest absolute Gasteiger partial charge is 0.460 e. The van der Waals surface area contributed by atoms with Crippen molar-refractivity contribution >= 4 is 17.6 Å². The minimum Gasteiger partial charge on any atom is -0.460 e. The summed E-state index contributed by atoms with van der Waals surface area (Å²) in [5.74, 6) is -0.151. The minimum absolute atomic E-state index is 0.151. The topological polar surface area (TPSA) is 38.3 Å². The Hall–Kier alpha value is -1.06. The minimum atomic E-state index is -0.388. The van der Waals surface area contributed by atoms with E-state index in [9.17, 15) is 4.79 Å². The van der Waals surface area contributed by atoms with E-state index in [0.29, 0.717) is 11.6 Å². The first-order valence-corrected chi connectivity index (χ1v) is 6.11. The van der Waals surface area contributed by atoms with Gasteiger partial charge in [-0.15, -0.1) is 0 Å². The highest BCUT2D eigenvalue weighted by Crippen LogP contribution is 2.27. The molecule has 0 spiro atoms. The second-order valence-corrected chi connectivity index (χ2v) is 5.06. The van der Waals surface area contributed by atoms with Gasteiger partial charge in [-0.1, -0.05) is 29.8 Å². The lowest BCUT2D eigenvalue weighted by atomic mass is 9.90. The van der Waals surface area contributed by atoms with E-state index in [4.69, 9.17) is 16.3 Å². The van der Waals surface area contributed by atoms with Gasteiger partial charge in [0.25, 0.3) is 0 Å². The summed E-state index contributed by atoms with van der Waals surface area (Å²) in [7, 11) is 0. The summed E-state index contributed by atoms with van der Waals surface area (Å²) in [4.78, 5) is 11.9. The van der Waals surface area contributed by atoms with Gasteiger partial charge in [0, 0.05) is 17.1 Å². The summed E-state index contributed by atoms with van der Waals surface area (Å²) < 4.78 is 5.33. The van der Waals surface area contributed by atoms with Crippen molar-refractivity contribution in [2.75, 3.05) is 13.1 Å². The summed E-state index contributed by atoms with van der Waals surface area (Å²) in [6.07, 6.45) is 0.828. The average molecular weight is 254 g/mol. The molecule has 1 aliphatic rings. The predicted molar refractivity (Wildman–Crippen MR) is 66.8 cm³/mol. The lowest BCUT2D eigenvalue weighted by Gasteiger charge is -2.20. The normalized spacial score (nSPS) is 23.6. The van der Waals surface area contributed by atoms with Crippen molar-refractivity contribution in [1.29, 1.82) is 0 Å². The van der Waals surface area contributed by atoms with E-state index in [0.717, 1.165) is 18.5 Å². The van der Waals surface area contributed by atoms with Crippen molar-refractivity contribution in [3.8, 4) is 0 Å². The van der Waals surface area contributed by atoms with Crippen LogP contribution in [0.1, 0.15) is 18.9 Å². The van der Waals surface area contributed by atoms with E-state index in [-0.39, 0.29) is 18.0 Å². The molecule has 17 heavy (non-hydrogen) atoms. The van der Waals surface area contributed by atoms with Crippen molar-refractivity contribution in [3.63, 3.8) is 0 Å². The van der Waals surface area contributed by atoms with Crippen molar-refractivity contribution in [1.82, 2.24) is 5.32 Å². The number of nitrogens with one attached hydrogen (secondary N) is 1. The van der Waals surface area contributed by atoms with Crippen LogP contribution >= 0.6 is 11.6 Å². The Morgan fingerprint density at radius 3 is 2.94 bits per heavy atom. The summed E-state index contributed by atoms with van der Waals surface area (Å²) in [6.45, 7) is 3.74. The molecule has 0 aliphatic carbocycles. The SMILES string of the molecule is CC1(C(=O)OCc2ccccc2Cl)CCNC1. The maximum absolute atomic E-state index is 11.9. The van der Waals surface area contributed by atoms with Crippen molar-refractivity contribution in [3.05, 3.63) is 34.9 Å². The number of halogens is 1. The molecule has 1 unspecified atom stereocenters. The zero-order valence-corrected chi connectivity index (χ0v) is 10.6. The molecule has 2 rings (SSSR count). The number of esters is 1. The fourth-order valence-corrected chi connectivity index (χ4v) is 2.11. The lowest BCUT2D eigenvalue weighted by Crippen LogP contribution is -2.31. The van der Waals surface area contributed by atoms with E-state index in [2.05, 4.69) is 5.32 Å². The molecule has 0 saturated carbocycles. The fraction of sp³-hybridized carbons (Fsp3) is 0.462. The molecule has 0 aromatic heterocycles. The fourth-order valence-electron chi connectivity index (χ4n) is 1.92. The zero-order chi connectivity index (χ0) is 12.3. The maximum Gasteiger partial charge on any atom is 0.313 e. The third kappa shape index (κ3) is 2.79. The third-order valence-electron chi connectivity index (χ3n) is 3.18. The van der Waals surface area contributed by atoms with Gasteiger partial charge < -0.3 is 10.1 Å². The number of carbonyl (C=O) groups excluding carboxylic acids is 1. The summed E-state index contributed by atoms with van der Waals surface area (Å²) in [5, 5.41) is 3.81. The van der Waals surface area contributed by atoms with Gasteiger partial charge in [0.05, 0.1) is 5.41 Å². The first-order valence-electron chi connectivity index (χ1n) is 5.73. The highest BCUT2D eigenvalue weighted by molar-refractivity contribution is 6.31. The molecule has 0 radical (unpaired) electrons. The monoisotopic (exact) mass is 253 g/mol. The van der Waals surface area contributed by atoms with E-state index in [1.165, 1.54) is 0 Å². The Labute approximate surface area is 106 Å². The molecule has 0 bridgehead atoms. The van der Waals surface area contributed by atoms with Crippen LogP contribution in [-0.4, -0.2) is 19.1 Å². The lowest BCUT2D eigenvalue weighted by molar-refractivity contribution is -0.155. The van der Waals surface area contributed by atoms with E-state index in [1.54, 1.807) is 6.07 Å². The van der Waals surface area contributed by atoms with E-state index < -0.39 is 0 Å². The van der Waals surface area contributed by atoms with Gasteiger partial charge in [-0.05, 0) is 26.0 Å². The Bertz CT molecular complexity index is 414. The van der Waals surface area contributed by atoms with Gasteiger partial charge in [0.15, 0.2) is 0 Å². The third-order valence-corrected chi connectivity index (χ3v) is 3.55. The molecule has 1 aromatic rings. The average Bonchev–Trinajstić information content (AvgIpc) is 2.76. The Morgan fingerprint density at radius 1 is 1.53 bits per heavy atom. The Kier molecular flexibility index (Phi) is 3.69. The number of rotatable bonds is 3. The van der Waals surface area contributed by atoms with Crippen LogP contribution in [0, 0.1) is 5.41 Å². The number of hydrogen-bond acceptors (Lipinski definition) is 3. The number of benzene rings is 1. The van der Waals surface area contributed by atoms with Crippen LogP contribution in [0.25, 0.3) is 0 Å². The van der Waals surface area contributed by atoms with Crippen LogP contribution in [0.5, 0.6) is 0 Å². The molecule has 1 aliphatic heterocycles. The first-order chi connectivity index (χ1) is 8.12. The molecule has 1 saturated heterocycles. The second kappa shape index (κ2) is 5.07. The van der Waals surface area contributed by atoms with Gasteiger partial charge in [-0.2, -0.15) is 0 Å². The molecular weight excluding hydrogens is 238 g/mol. The van der Waals surface area contributed by atoms with Crippen LogP contribution in [0.2, 0.25) is 5.02 Å². The van der Waals surface area contributed by atoms with Crippen LogP contribution in [0.4, 0.5) is 0 Å². The number of hydrogen-bond donors (Lipinski definition) is 1. The molecular formula is C13H16ClNO2. The highest BCUT2D eigenvalue weighted by atomic mass is 35.5. The molecule has 0 amide bonds. The van der Waals surface area contributed by atoms with Crippen molar-refractivity contribution in [2.45, 2.75) is 20.0 Å². The van der Waals surface area contributed by atoms with Crippen molar-refractivity contribution < 1.29 is 9.53 Å². The maximum atomic E-state index is 11.9. The van der Waals surface area contributed by atoms with Gasteiger partial charge in [-0.3, -0.25) is 4.79 Å². The van der Waals surface area contributed by atoms with Crippen LogP contribution in [0.15, 0.2) is 24.3 Å². The molecule has 1 fully saturated rings. The van der Waals surface area contributed by atoms with Crippen molar-refractivity contribution in [2.24, 2.45) is 5.41 Å². The molecule has 1 aromatic carbocycles. The van der Waals surface area contributed by atoms with Gasteiger partial charge in [-0.25, -0.2) is 0 Å². The second-order valence-electron chi connectivity index (χ2n) is 4.65. The number of ether oxygens (including phenoxy) is 1. The predicted octanol–water partition coefficient (Wildman–Crippen LogP) is 2.38. The van der Waals surface area contributed by atoms with Crippen LogP contribution in [0.3, 0.4) is 0 Å². The van der Waals surface area contributed by atoms with Crippen LogP contribution in [-0.2, 0) is 16.1 Å². The molecule has 1 atom stereocenters. The Morgan fingerprint density at radius 2 is 2.29 bits per heavy atom. The molecule has 1 N–H and O–H groups in total. The smallest absolute Gasteiger partial charge is 0.313 e. The molecule has 92 valence electrons. The molecule has 1 heterocycles. The van der Waals surface area contributed by atoms with Crippen LogP contribution < -0.4 is 5.32 Å². The Balaban J connectivity index is 1.94. The molecule has 4 heteroatoms. The summed E-state index contributed by atoms with van der Waals surface area (Å²) >= 11 is 6.00. The highest BCUT2D eigenvalue weighted by Gasteiger charge is 2.37. The quantitative estimate of drug-likeness (QED) is 0.841. The van der Waals surface area contributed by atoms with Gasteiger partial charge >= 0.3 is 5.97 Å². The molecule has 3 nitrogen and oxygen atoms in total.